The molecule has 8 nitrogen and oxygen atoms in total. The number of halogens is 3. The van der Waals surface area contributed by atoms with Crippen molar-refractivity contribution >= 4 is 23.8 Å². The van der Waals surface area contributed by atoms with Crippen molar-refractivity contribution in [2.45, 2.75) is 6.18 Å². The smallest absolute Gasteiger partial charge is 0.433 e. The Morgan fingerprint density at radius 3 is 2.64 bits per heavy atom. The van der Waals surface area contributed by atoms with Gasteiger partial charge in [-0.3, -0.25) is 5.43 Å². The van der Waals surface area contributed by atoms with E-state index in [0.29, 0.717) is 5.56 Å². The summed E-state index contributed by atoms with van der Waals surface area (Å²) in [6.45, 7) is 0. The molecule has 0 saturated carbocycles. The predicted molar refractivity (Wildman–Crippen MR) is 80.4 cm³/mol. The summed E-state index contributed by atoms with van der Waals surface area (Å²) in [5.74, 6) is -1.36. The topological polar surface area (TPSA) is 105 Å². The maximum Gasteiger partial charge on any atom is 0.433 e. The van der Waals surface area contributed by atoms with Gasteiger partial charge in [0.2, 0.25) is 0 Å². The van der Waals surface area contributed by atoms with E-state index < -0.39 is 17.8 Å². The maximum atomic E-state index is 12.9. The number of rotatable bonds is 4. The molecule has 2 heterocycles. The molecule has 0 amide bonds. The number of aromatic carboxylic acids is 1. The fourth-order valence-corrected chi connectivity index (χ4v) is 1.92. The van der Waals surface area contributed by atoms with Crippen LogP contribution in [0.2, 0.25) is 0 Å². The highest BCUT2D eigenvalue weighted by molar-refractivity contribution is 5.89. The molecule has 3 aromatic rings. The molecule has 0 aliphatic carbocycles. The number of hydrazone groups is 1. The SMILES string of the molecule is O=C(O)c1ccc(C=NNc2cc(C(F)(F)F)nc3ncnn23)cc1. The Bertz CT molecular complexity index is 949. The minimum atomic E-state index is -4.64. The summed E-state index contributed by atoms with van der Waals surface area (Å²) in [6.07, 6.45) is -2.25. The molecular formula is C14H9F3N6O2. The molecule has 2 aromatic heterocycles. The highest BCUT2D eigenvalue weighted by Gasteiger charge is 2.34. The van der Waals surface area contributed by atoms with Crippen molar-refractivity contribution in [3.63, 3.8) is 0 Å². The van der Waals surface area contributed by atoms with Crippen LogP contribution in [-0.4, -0.2) is 36.9 Å². The second-order valence-corrected chi connectivity index (χ2v) is 4.79. The Morgan fingerprint density at radius 1 is 1.28 bits per heavy atom. The van der Waals surface area contributed by atoms with Crippen molar-refractivity contribution in [2.75, 3.05) is 5.43 Å². The van der Waals surface area contributed by atoms with Crippen LogP contribution in [0.5, 0.6) is 0 Å². The summed E-state index contributed by atoms with van der Waals surface area (Å²) >= 11 is 0. The molecule has 11 heteroatoms. The van der Waals surface area contributed by atoms with Crippen molar-refractivity contribution in [1.82, 2.24) is 19.6 Å². The maximum absolute atomic E-state index is 12.9. The standard InChI is InChI=1S/C14H9F3N6O2/c15-14(16,17)10-5-11(23-13(21-10)18-7-20-23)22-19-6-8-1-3-9(4-2-8)12(24)25/h1-7,22H,(H,24,25). The molecule has 0 aliphatic heterocycles. The molecule has 0 atom stereocenters. The van der Waals surface area contributed by atoms with Gasteiger partial charge in [0, 0.05) is 6.07 Å². The lowest BCUT2D eigenvalue weighted by Gasteiger charge is -2.08. The van der Waals surface area contributed by atoms with Crippen molar-refractivity contribution in [3.05, 3.63) is 53.5 Å². The van der Waals surface area contributed by atoms with E-state index in [0.717, 1.165) is 16.9 Å². The number of alkyl halides is 3. The van der Waals surface area contributed by atoms with Gasteiger partial charge in [-0.05, 0) is 17.7 Å². The second kappa shape index (κ2) is 6.19. The first-order chi connectivity index (χ1) is 11.8. The number of anilines is 1. The van der Waals surface area contributed by atoms with Gasteiger partial charge in [0.15, 0.2) is 11.5 Å². The van der Waals surface area contributed by atoms with E-state index in [1.165, 1.54) is 30.5 Å². The number of nitrogens with zero attached hydrogens (tertiary/aromatic N) is 5. The van der Waals surface area contributed by atoms with Gasteiger partial charge in [-0.15, -0.1) is 0 Å². The molecule has 128 valence electrons. The van der Waals surface area contributed by atoms with Crippen LogP contribution in [0, 0.1) is 0 Å². The van der Waals surface area contributed by atoms with E-state index in [-0.39, 0.29) is 17.2 Å². The quantitative estimate of drug-likeness (QED) is 0.553. The monoisotopic (exact) mass is 350 g/mol. The third-order valence-electron chi connectivity index (χ3n) is 3.09. The van der Waals surface area contributed by atoms with Crippen LogP contribution in [-0.2, 0) is 6.18 Å². The van der Waals surface area contributed by atoms with Gasteiger partial charge in [0.1, 0.15) is 6.33 Å². The zero-order valence-electron chi connectivity index (χ0n) is 12.3. The van der Waals surface area contributed by atoms with Crippen LogP contribution >= 0.6 is 0 Å². The lowest BCUT2D eigenvalue weighted by molar-refractivity contribution is -0.141. The molecule has 0 unspecified atom stereocenters. The predicted octanol–water partition coefficient (Wildman–Crippen LogP) is 2.29. The summed E-state index contributed by atoms with van der Waals surface area (Å²) in [5.41, 5.74) is 1.98. The Morgan fingerprint density at radius 2 is 2.00 bits per heavy atom. The van der Waals surface area contributed by atoms with E-state index in [1.807, 2.05) is 0 Å². The number of aromatic nitrogens is 4. The summed E-state index contributed by atoms with van der Waals surface area (Å²) in [4.78, 5) is 17.8. The van der Waals surface area contributed by atoms with Crippen LogP contribution in [0.4, 0.5) is 19.0 Å². The van der Waals surface area contributed by atoms with Crippen LogP contribution in [0.25, 0.3) is 5.78 Å². The molecule has 0 spiro atoms. The third-order valence-corrected chi connectivity index (χ3v) is 3.09. The Kier molecular flexibility index (Phi) is 4.05. The van der Waals surface area contributed by atoms with Gasteiger partial charge in [-0.25, -0.2) is 9.78 Å². The fraction of sp³-hybridized carbons (Fsp3) is 0.0714. The summed E-state index contributed by atoms with van der Waals surface area (Å²) in [7, 11) is 0. The van der Waals surface area contributed by atoms with Gasteiger partial charge < -0.3 is 5.11 Å². The molecule has 25 heavy (non-hydrogen) atoms. The number of nitrogens with one attached hydrogen (secondary N) is 1. The van der Waals surface area contributed by atoms with E-state index in [9.17, 15) is 18.0 Å². The number of fused-ring (bicyclic) bond motifs is 1. The van der Waals surface area contributed by atoms with Crippen LogP contribution in [0.15, 0.2) is 41.8 Å². The third kappa shape index (κ3) is 3.54. The van der Waals surface area contributed by atoms with Crippen molar-refractivity contribution in [3.8, 4) is 0 Å². The molecule has 3 rings (SSSR count). The molecule has 1 aromatic carbocycles. The number of benzene rings is 1. The van der Waals surface area contributed by atoms with Gasteiger partial charge in [-0.2, -0.15) is 32.9 Å². The number of carboxylic acids is 1. The highest BCUT2D eigenvalue weighted by Crippen LogP contribution is 2.29. The van der Waals surface area contributed by atoms with Crippen molar-refractivity contribution in [2.24, 2.45) is 5.10 Å². The zero-order valence-corrected chi connectivity index (χ0v) is 12.3. The first-order valence-electron chi connectivity index (χ1n) is 6.75. The van der Waals surface area contributed by atoms with E-state index in [2.05, 4.69) is 25.6 Å². The average molecular weight is 350 g/mol. The lowest BCUT2D eigenvalue weighted by Crippen LogP contribution is -2.12. The van der Waals surface area contributed by atoms with E-state index in [1.54, 1.807) is 0 Å². The Hall–Kier alpha value is -3.50. The average Bonchev–Trinajstić information content (AvgIpc) is 3.03. The molecule has 0 radical (unpaired) electrons. The normalized spacial score (nSPS) is 12.0. The zero-order chi connectivity index (χ0) is 18.0. The van der Waals surface area contributed by atoms with Crippen molar-refractivity contribution < 1.29 is 23.1 Å². The number of hydrogen-bond donors (Lipinski definition) is 2. The Balaban J connectivity index is 1.85. The molecule has 0 saturated heterocycles. The summed E-state index contributed by atoms with van der Waals surface area (Å²) < 4.78 is 39.6. The molecule has 0 fully saturated rings. The molecular weight excluding hydrogens is 341 g/mol. The first kappa shape index (κ1) is 16.4. The van der Waals surface area contributed by atoms with Crippen molar-refractivity contribution in [1.29, 1.82) is 0 Å². The molecule has 2 N–H and O–H groups in total. The minimum absolute atomic E-state index is 0.0757. The minimum Gasteiger partial charge on any atom is -0.478 e. The molecule has 0 bridgehead atoms. The number of carboxylic acid groups (broad SMARTS) is 1. The highest BCUT2D eigenvalue weighted by atomic mass is 19.4. The summed E-state index contributed by atoms with van der Waals surface area (Å²) in [6, 6.07) is 6.54. The van der Waals surface area contributed by atoms with E-state index in [4.69, 9.17) is 5.11 Å². The Labute approximate surface area is 137 Å². The molecule has 0 aliphatic rings. The van der Waals surface area contributed by atoms with E-state index >= 15 is 0 Å². The number of carbonyl (C=O) groups is 1. The van der Waals surface area contributed by atoms with Gasteiger partial charge in [-0.1, -0.05) is 12.1 Å². The van der Waals surface area contributed by atoms with Crippen LogP contribution < -0.4 is 5.43 Å². The van der Waals surface area contributed by atoms with Crippen LogP contribution in [0.1, 0.15) is 21.6 Å². The largest absolute Gasteiger partial charge is 0.478 e. The van der Waals surface area contributed by atoms with Gasteiger partial charge >= 0.3 is 12.1 Å². The first-order valence-corrected chi connectivity index (χ1v) is 6.75. The summed E-state index contributed by atoms with van der Waals surface area (Å²) in [5, 5.41) is 16.4. The second-order valence-electron chi connectivity index (χ2n) is 4.79. The lowest BCUT2D eigenvalue weighted by atomic mass is 10.1. The fourth-order valence-electron chi connectivity index (χ4n) is 1.92. The van der Waals surface area contributed by atoms with Gasteiger partial charge in [0.05, 0.1) is 11.8 Å². The van der Waals surface area contributed by atoms with Gasteiger partial charge in [0.25, 0.3) is 5.78 Å². The van der Waals surface area contributed by atoms with Crippen LogP contribution in [0.3, 0.4) is 0 Å². The number of hydrogen-bond acceptors (Lipinski definition) is 6.